The van der Waals surface area contributed by atoms with Crippen molar-refractivity contribution in [1.82, 2.24) is 24.8 Å². The van der Waals surface area contributed by atoms with Gasteiger partial charge in [0.2, 0.25) is 0 Å². The molecule has 4 heterocycles. The third kappa shape index (κ3) is 2.84. The molecule has 0 aromatic carbocycles. The second-order valence-corrected chi connectivity index (χ2v) is 7.52. The number of nitrogens with zero attached hydrogens (tertiary/aromatic N) is 4. The first-order valence-corrected chi connectivity index (χ1v) is 9.83. The molecule has 0 bridgehead atoms. The van der Waals surface area contributed by atoms with Crippen molar-refractivity contribution in [3.8, 4) is 0 Å². The van der Waals surface area contributed by atoms with Crippen molar-refractivity contribution in [3.05, 3.63) is 64.0 Å². The van der Waals surface area contributed by atoms with Crippen LogP contribution < -0.4 is 10.9 Å². The summed E-state index contributed by atoms with van der Waals surface area (Å²) in [4.78, 5) is 27.4. The summed E-state index contributed by atoms with van der Waals surface area (Å²) in [5.41, 5.74) is 4.69. The standard InChI is InChI=1S/C21H23N5O/c27-21-16(14-6-9-22-10-7-14)13-17-20(25-12-11-23-17)26(21)18-5-1-3-15-4-2-8-24-19(15)18/h2,4,8,11-14,18,22H,1,3,5-7,9-10H2. The van der Waals surface area contributed by atoms with Gasteiger partial charge in [-0.2, -0.15) is 0 Å². The lowest BCUT2D eigenvalue weighted by atomic mass is 9.89. The van der Waals surface area contributed by atoms with Crippen LogP contribution in [0.2, 0.25) is 0 Å². The van der Waals surface area contributed by atoms with Gasteiger partial charge in [0.05, 0.1) is 11.7 Å². The predicted octanol–water partition coefficient (Wildman–Crippen LogP) is 2.58. The third-order valence-electron chi connectivity index (χ3n) is 5.95. The van der Waals surface area contributed by atoms with E-state index in [9.17, 15) is 4.79 Å². The van der Waals surface area contributed by atoms with Gasteiger partial charge >= 0.3 is 0 Å². The van der Waals surface area contributed by atoms with E-state index in [1.54, 1.807) is 12.4 Å². The van der Waals surface area contributed by atoms with Crippen LogP contribution in [0.3, 0.4) is 0 Å². The zero-order valence-corrected chi connectivity index (χ0v) is 15.3. The van der Waals surface area contributed by atoms with Crippen molar-refractivity contribution in [3.63, 3.8) is 0 Å². The van der Waals surface area contributed by atoms with Gasteiger partial charge in [-0.15, -0.1) is 0 Å². The number of piperidine rings is 1. The summed E-state index contributed by atoms with van der Waals surface area (Å²) >= 11 is 0. The Morgan fingerprint density at radius 1 is 1.04 bits per heavy atom. The summed E-state index contributed by atoms with van der Waals surface area (Å²) in [6.45, 7) is 1.91. The van der Waals surface area contributed by atoms with Crippen molar-refractivity contribution in [1.29, 1.82) is 0 Å². The molecule has 3 aromatic heterocycles. The van der Waals surface area contributed by atoms with E-state index in [-0.39, 0.29) is 17.5 Å². The number of pyridine rings is 2. The lowest BCUT2D eigenvalue weighted by Crippen LogP contribution is -2.35. The Kier molecular flexibility index (Phi) is 4.20. The molecule has 138 valence electrons. The number of aromatic nitrogens is 4. The highest BCUT2D eigenvalue weighted by Gasteiger charge is 2.28. The van der Waals surface area contributed by atoms with Gasteiger partial charge in [-0.1, -0.05) is 6.07 Å². The summed E-state index contributed by atoms with van der Waals surface area (Å²) in [6, 6.07) is 6.01. The fraction of sp³-hybridized carbons (Fsp3) is 0.429. The fourth-order valence-corrected chi connectivity index (χ4v) is 4.62. The lowest BCUT2D eigenvalue weighted by Gasteiger charge is -2.29. The quantitative estimate of drug-likeness (QED) is 0.759. The van der Waals surface area contributed by atoms with E-state index in [1.807, 2.05) is 22.9 Å². The summed E-state index contributed by atoms with van der Waals surface area (Å²) in [5, 5.41) is 3.39. The lowest BCUT2D eigenvalue weighted by molar-refractivity contribution is 0.443. The van der Waals surface area contributed by atoms with Gasteiger partial charge in [0.25, 0.3) is 5.56 Å². The molecule has 0 radical (unpaired) electrons. The predicted molar refractivity (Wildman–Crippen MR) is 104 cm³/mol. The molecular formula is C21H23N5O. The summed E-state index contributed by atoms with van der Waals surface area (Å²) < 4.78 is 1.88. The van der Waals surface area contributed by atoms with Gasteiger partial charge in [0.15, 0.2) is 5.65 Å². The largest absolute Gasteiger partial charge is 0.317 e. The van der Waals surface area contributed by atoms with Gasteiger partial charge in [-0.3, -0.25) is 19.3 Å². The first-order valence-electron chi connectivity index (χ1n) is 9.83. The topological polar surface area (TPSA) is 72.7 Å². The SMILES string of the molecule is O=c1c(C2CCNCC2)cc2nccnc2n1C1CCCc2cccnc21. The second-order valence-electron chi connectivity index (χ2n) is 7.52. The van der Waals surface area contributed by atoms with Gasteiger partial charge in [-0.25, -0.2) is 4.98 Å². The van der Waals surface area contributed by atoms with Crippen LogP contribution in [0, 0.1) is 0 Å². The molecule has 2 aliphatic rings. The Bertz CT molecular complexity index is 1040. The van der Waals surface area contributed by atoms with Crippen molar-refractivity contribution >= 4 is 11.2 Å². The summed E-state index contributed by atoms with van der Waals surface area (Å²) in [6.07, 6.45) is 10.2. The molecule has 1 fully saturated rings. The third-order valence-corrected chi connectivity index (χ3v) is 5.95. The maximum atomic E-state index is 13.6. The number of aryl methyl sites for hydroxylation is 1. The molecule has 1 atom stereocenters. The number of nitrogens with one attached hydrogen (secondary N) is 1. The first kappa shape index (κ1) is 16.6. The van der Waals surface area contributed by atoms with Gasteiger partial charge < -0.3 is 5.32 Å². The Hall–Kier alpha value is -2.60. The molecule has 6 heteroatoms. The molecule has 3 aromatic rings. The van der Waals surface area contributed by atoms with Crippen molar-refractivity contribution < 1.29 is 0 Å². The second kappa shape index (κ2) is 6.85. The minimum Gasteiger partial charge on any atom is -0.317 e. The van der Waals surface area contributed by atoms with Crippen molar-refractivity contribution in [2.24, 2.45) is 0 Å². The average Bonchev–Trinajstić information content (AvgIpc) is 2.74. The van der Waals surface area contributed by atoms with E-state index in [2.05, 4.69) is 26.3 Å². The highest BCUT2D eigenvalue weighted by molar-refractivity contribution is 5.71. The number of hydrogen-bond acceptors (Lipinski definition) is 5. The van der Waals surface area contributed by atoms with Gasteiger partial charge in [-0.05, 0) is 68.8 Å². The van der Waals surface area contributed by atoms with E-state index < -0.39 is 0 Å². The van der Waals surface area contributed by atoms with Crippen molar-refractivity contribution in [2.75, 3.05) is 13.1 Å². The minimum atomic E-state index is -0.0664. The van der Waals surface area contributed by atoms with E-state index in [4.69, 9.17) is 0 Å². The highest BCUT2D eigenvalue weighted by Crippen LogP contribution is 2.33. The highest BCUT2D eigenvalue weighted by atomic mass is 16.1. The smallest absolute Gasteiger partial charge is 0.256 e. The maximum Gasteiger partial charge on any atom is 0.256 e. The molecule has 6 nitrogen and oxygen atoms in total. The Morgan fingerprint density at radius 2 is 1.89 bits per heavy atom. The van der Waals surface area contributed by atoms with Gasteiger partial charge in [0.1, 0.15) is 5.52 Å². The first-order chi connectivity index (χ1) is 13.3. The maximum absolute atomic E-state index is 13.6. The van der Waals surface area contributed by atoms with E-state index in [0.29, 0.717) is 5.65 Å². The number of hydrogen-bond donors (Lipinski definition) is 1. The minimum absolute atomic E-state index is 0.0664. The Morgan fingerprint density at radius 3 is 2.78 bits per heavy atom. The van der Waals surface area contributed by atoms with Crippen LogP contribution in [-0.4, -0.2) is 32.6 Å². The monoisotopic (exact) mass is 361 g/mol. The van der Waals surface area contributed by atoms with Crippen LogP contribution in [0.25, 0.3) is 11.2 Å². The molecule has 1 aliphatic carbocycles. The summed E-state index contributed by atoms with van der Waals surface area (Å²) in [7, 11) is 0. The fourth-order valence-electron chi connectivity index (χ4n) is 4.62. The average molecular weight is 361 g/mol. The van der Waals surface area contributed by atoms with E-state index in [1.165, 1.54) is 5.56 Å². The molecule has 1 N–H and O–H groups in total. The molecule has 1 unspecified atom stereocenters. The van der Waals surface area contributed by atoms with Crippen LogP contribution >= 0.6 is 0 Å². The van der Waals surface area contributed by atoms with E-state index >= 15 is 0 Å². The molecule has 0 spiro atoms. The van der Waals surface area contributed by atoms with E-state index in [0.717, 1.165) is 62.0 Å². The normalized spacial score (nSPS) is 20.5. The zero-order valence-electron chi connectivity index (χ0n) is 15.3. The van der Waals surface area contributed by atoms with Crippen LogP contribution in [0.4, 0.5) is 0 Å². The van der Waals surface area contributed by atoms with Crippen LogP contribution in [0.5, 0.6) is 0 Å². The number of fused-ring (bicyclic) bond motifs is 2. The molecule has 0 amide bonds. The molecule has 27 heavy (non-hydrogen) atoms. The molecular weight excluding hydrogens is 338 g/mol. The molecule has 5 rings (SSSR count). The molecule has 0 saturated carbocycles. The Balaban J connectivity index is 1.74. The van der Waals surface area contributed by atoms with Crippen LogP contribution in [0.1, 0.15) is 54.5 Å². The Labute approximate surface area is 157 Å². The summed E-state index contributed by atoms with van der Waals surface area (Å²) in [5.74, 6) is 0.281. The number of rotatable bonds is 2. The zero-order chi connectivity index (χ0) is 18.2. The van der Waals surface area contributed by atoms with Crippen LogP contribution in [-0.2, 0) is 6.42 Å². The van der Waals surface area contributed by atoms with Crippen molar-refractivity contribution in [2.45, 2.75) is 44.1 Å². The molecule has 1 aliphatic heterocycles. The van der Waals surface area contributed by atoms with Crippen LogP contribution in [0.15, 0.2) is 41.6 Å². The molecule has 1 saturated heterocycles. The van der Waals surface area contributed by atoms with Gasteiger partial charge in [0, 0.05) is 24.2 Å².